The Hall–Kier alpha value is -3.89. The average Bonchev–Trinajstić information content (AvgIpc) is 3.05. The molecule has 0 aliphatic rings. The zero-order valence-electron chi connectivity index (χ0n) is 16.9. The Kier molecular flexibility index (Phi) is 6.53. The molecule has 0 aliphatic carbocycles. The molecule has 3 rings (SSSR count). The lowest BCUT2D eigenvalue weighted by atomic mass is 10.2. The molecule has 1 aromatic carbocycles. The van der Waals surface area contributed by atoms with Crippen LogP contribution >= 0.6 is 0 Å². The fourth-order valence-electron chi connectivity index (χ4n) is 2.71. The normalized spacial score (nSPS) is 10.8. The van der Waals surface area contributed by atoms with Gasteiger partial charge in [0.05, 0.1) is 11.3 Å². The van der Waals surface area contributed by atoms with Gasteiger partial charge in [-0.15, -0.1) is 0 Å². The first-order valence-corrected chi connectivity index (χ1v) is 9.12. The van der Waals surface area contributed by atoms with Gasteiger partial charge in [-0.2, -0.15) is 18.6 Å². The number of benzene rings is 1. The van der Waals surface area contributed by atoms with E-state index in [1.807, 2.05) is 19.9 Å². The summed E-state index contributed by atoms with van der Waals surface area (Å²) in [7, 11) is 0. The highest BCUT2D eigenvalue weighted by atomic mass is 19.3. The molecule has 0 aliphatic heterocycles. The molecule has 2 heterocycles. The van der Waals surface area contributed by atoms with Crippen LogP contribution in [0.25, 0.3) is 5.95 Å². The predicted octanol–water partition coefficient (Wildman–Crippen LogP) is 2.98. The van der Waals surface area contributed by atoms with Gasteiger partial charge in [-0.3, -0.25) is 4.79 Å². The molecule has 9 nitrogen and oxygen atoms in total. The maximum atomic E-state index is 12.3. The fourth-order valence-corrected chi connectivity index (χ4v) is 2.71. The van der Waals surface area contributed by atoms with Crippen LogP contribution in [-0.2, 0) is 9.53 Å². The number of amides is 1. The summed E-state index contributed by atoms with van der Waals surface area (Å²) in [5, 5.41) is 6.90. The van der Waals surface area contributed by atoms with Crippen molar-refractivity contribution in [2.45, 2.75) is 27.4 Å². The number of alkyl halides is 2. The number of ether oxygens (including phenoxy) is 2. The molecule has 0 fully saturated rings. The Morgan fingerprint density at radius 1 is 1.03 bits per heavy atom. The Morgan fingerprint density at radius 2 is 1.68 bits per heavy atom. The summed E-state index contributed by atoms with van der Waals surface area (Å²) in [4.78, 5) is 33.0. The van der Waals surface area contributed by atoms with E-state index >= 15 is 0 Å². The molecular formula is C20H19F2N5O4. The summed E-state index contributed by atoms with van der Waals surface area (Å²) in [6.07, 6.45) is 0. The summed E-state index contributed by atoms with van der Waals surface area (Å²) >= 11 is 0. The fraction of sp³-hybridized carbons (Fsp3) is 0.250. The molecule has 0 saturated heterocycles. The van der Waals surface area contributed by atoms with E-state index in [-0.39, 0.29) is 11.3 Å². The number of anilines is 1. The minimum atomic E-state index is -2.97. The van der Waals surface area contributed by atoms with Crippen LogP contribution in [0.5, 0.6) is 5.75 Å². The van der Waals surface area contributed by atoms with Crippen molar-refractivity contribution in [2.24, 2.45) is 0 Å². The van der Waals surface area contributed by atoms with Gasteiger partial charge in [-0.25, -0.2) is 14.8 Å². The first-order chi connectivity index (χ1) is 14.7. The number of rotatable bonds is 7. The van der Waals surface area contributed by atoms with Crippen molar-refractivity contribution in [3.8, 4) is 11.7 Å². The van der Waals surface area contributed by atoms with Gasteiger partial charge in [0.15, 0.2) is 6.61 Å². The van der Waals surface area contributed by atoms with E-state index in [0.29, 0.717) is 17.5 Å². The third-order valence-electron chi connectivity index (χ3n) is 3.91. The maximum Gasteiger partial charge on any atom is 0.387 e. The molecule has 31 heavy (non-hydrogen) atoms. The summed E-state index contributed by atoms with van der Waals surface area (Å²) in [6, 6.07) is 8.36. The first-order valence-electron chi connectivity index (χ1n) is 9.12. The van der Waals surface area contributed by atoms with Gasteiger partial charge in [-0.05, 0) is 51.1 Å². The van der Waals surface area contributed by atoms with Crippen LogP contribution in [-0.4, -0.2) is 44.8 Å². The zero-order chi connectivity index (χ0) is 22.5. The number of hydrogen-bond acceptors (Lipinski definition) is 7. The summed E-state index contributed by atoms with van der Waals surface area (Å²) in [6.45, 7) is 1.85. The van der Waals surface area contributed by atoms with Gasteiger partial charge in [0, 0.05) is 17.5 Å². The van der Waals surface area contributed by atoms with Crippen molar-refractivity contribution in [1.29, 1.82) is 0 Å². The van der Waals surface area contributed by atoms with Crippen LogP contribution in [0.15, 0.2) is 36.4 Å². The van der Waals surface area contributed by atoms with Crippen molar-refractivity contribution in [3.05, 3.63) is 59.0 Å². The molecule has 1 N–H and O–H groups in total. The molecule has 3 aromatic rings. The first kappa shape index (κ1) is 21.8. The summed E-state index contributed by atoms with van der Waals surface area (Å²) < 4.78 is 34.9. The van der Waals surface area contributed by atoms with Crippen LogP contribution in [0.2, 0.25) is 0 Å². The van der Waals surface area contributed by atoms with Crippen molar-refractivity contribution >= 4 is 17.7 Å². The number of carbonyl (C=O) groups is 2. The van der Waals surface area contributed by atoms with Crippen molar-refractivity contribution in [3.63, 3.8) is 0 Å². The number of esters is 1. The van der Waals surface area contributed by atoms with E-state index in [0.717, 1.165) is 11.4 Å². The number of hydrogen-bond donors (Lipinski definition) is 1. The lowest BCUT2D eigenvalue weighted by molar-refractivity contribution is -0.119. The van der Waals surface area contributed by atoms with Crippen LogP contribution in [0.4, 0.5) is 14.6 Å². The van der Waals surface area contributed by atoms with Gasteiger partial charge in [0.2, 0.25) is 0 Å². The zero-order valence-corrected chi connectivity index (χ0v) is 16.9. The highest BCUT2D eigenvalue weighted by molar-refractivity contribution is 5.95. The molecule has 1 amide bonds. The van der Waals surface area contributed by atoms with Crippen molar-refractivity contribution < 1.29 is 27.8 Å². The molecule has 2 aromatic heterocycles. The molecule has 0 saturated carbocycles. The second kappa shape index (κ2) is 9.28. The third-order valence-corrected chi connectivity index (χ3v) is 3.91. The largest absolute Gasteiger partial charge is 0.452 e. The molecule has 0 radical (unpaired) electrons. The smallest absolute Gasteiger partial charge is 0.387 e. The molecule has 0 bridgehead atoms. The van der Waals surface area contributed by atoms with E-state index < -0.39 is 25.1 Å². The van der Waals surface area contributed by atoms with Crippen LogP contribution in [0, 0.1) is 20.8 Å². The molecule has 0 unspecified atom stereocenters. The minimum absolute atomic E-state index is 0.0824. The quantitative estimate of drug-likeness (QED) is 0.573. The van der Waals surface area contributed by atoms with E-state index in [1.165, 1.54) is 28.9 Å². The Labute approximate surface area is 176 Å². The third kappa shape index (κ3) is 5.81. The predicted molar refractivity (Wildman–Crippen MR) is 105 cm³/mol. The minimum Gasteiger partial charge on any atom is -0.452 e. The van der Waals surface area contributed by atoms with Crippen molar-refractivity contribution in [1.82, 2.24) is 19.7 Å². The van der Waals surface area contributed by atoms with Crippen LogP contribution in [0.3, 0.4) is 0 Å². The van der Waals surface area contributed by atoms with Gasteiger partial charge >= 0.3 is 12.6 Å². The molecule has 0 spiro atoms. The average molecular weight is 431 g/mol. The maximum absolute atomic E-state index is 12.3. The highest BCUT2D eigenvalue weighted by Gasteiger charge is 2.16. The second-order valence-electron chi connectivity index (χ2n) is 6.56. The molecule has 0 atom stereocenters. The van der Waals surface area contributed by atoms with Crippen molar-refractivity contribution in [2.75, 3.05) is 11.9 Å². The molecule has 11 heteroatoms. The number of nitrogens with one attached hydrogen (secondary N) is 1. The van der Waals surface area contributed by atoms with Crippen LogP contribution in [0.1, 0.15) is 27.4 Å². The Bertz CT molecular complexity index is 1080. The number of halogens is 2. The van der Waals surface area contributed by atoms with E-state index in [4.69, 9.17) is 4.74 Å². The summed E-state index contributed by atoms with van der Waals surface area (Å²) in [5.41, 5.74) is 2.19. The SMILES string of the molecule is Cc1cc(C)nc(-n2nc(C)cc2NC(=O)COC(=O)c2ccc(OC(F)F)cc2)n1. The summed E-state index contributed by atoms with van der Waals surface area (Å²) in [5.74, 6) is -0.875. The topological polar surface area (TPSA) is 108 Å². The number of carbonyl (C=O) groups excluding carboxylic acids is 2. The van der Waals surface area contributed by atoms with Gasteiger partial charge in [0.25, 0.3) is 11.9 Å². The highest BCUT2D eigenvalue weighted by Crippen LogP contribution is 2.17. The van der Waals surface area contributed by atoms with E-state index in [1.54, 1.807) is 13.0 Å². The monoisotopic (exact) mass is 431 g/mol. The molecule has 162 valence electrons. The van der Waals surface area contributed by atoms with Gasteiger partial charge in [-0.1, -0.05) is 0 Å². The standard InChI is InChI=1S/C20H19F2N5O4/c1-11-8-12(2)24-20(23-11)27-16(9-13(3)26-27)25-17(28)10-30-18(29)14-4-6-15(7-5-14)31-19(21)22/h4-9,19H,10H2,1-3H3,(H,25,28). The lowest BCUT2D eigenvalue weighted by Crippen LogP contribution is -2.22. The number of aryl methyl sites for hydroxylation is 3. The van der Waals surface area contributed by atoms with E-state index in [9.17, 15) is 18.4 Å². The van der Waals surface area contributed by atoms with E-state index in [2.05, 4.69) is 25.1 Å². The van der Waals surface area contributed by atoms with Gasteiger partial charge in [0.1, 0.15) is 11.6 Å². The number of aromatic nitrogens is 4. The Morgan fingerprint density at radius 3 is 2.29 bits per heavy atom. The number of nitrogens with zero attached hydrogens (tertiary/aromatic N) is 4. The molecular weight excluding hydrogens is 412 g/mol. The lowest BCUT2D eigenvalue weighted by Gasteiger charge is -2.09. The second-order valence-corrected chi connectivity index (χ2v) is 6.56. The van der Waals surface area contributed by atoms with Gasteiger partial charge < -0.3 is 14.8 Å². The Balaban J connectivity index is 1.63. The van der Waals surface area contributed by atoms with Crippen LogP contribution < -0.4 is 10.1 Å².